The molecule has 0 saturated carbocycles. The van der Waals surface area contributed by atoms with E-state index in [9.17, 15) is 13.2 Å². The van der Waals surface area contributed by atoms with E-state index in [1.54, 1.807) is 30.3 Å². The van der Waals surface area contributed by atoms with E-state index in [-0.39, 0.29) is 12.2 Å². The summed E-state index contributed by atoms with van der Waals surface area (Å²) >= 11 is 3.11. The van der Waals surface area contributed by atoms with Gasteiger partial charge in [-0.25, -0.2) is 0 Å². The molecule has 0 aliphatic rings. The zero-order valence-corrected chi connectivity index (χ0v) is 14.6. The molecule has 0 unspecified atom stereocenters. The lowest BCUT2D eigenvalue weighted by Crippen LogP contribution is -2.08. The molecule has 0 atom stereocenters. The van der Waals surface area contributed by atoms with Gasteiger partial charge in [-0.2, -0.15) is 13.2 Å². The zero-order chi connectivity index (χ0) is 17.9. The lowest BCUT2D eigenvalue weighted by molar-refractivity contribution is -0.137. The number of rotatable bonds is 4. The van der Waals surface area contributed by atoms with Gasteiger partial charge in [-0.05, 0) is 29.3 Å². The van der Waals surface area contributed by atoms with Crippen molar-refractivity contribution in [2.75, 3.05) is 0 Å². The van der Waals surface area contributed by atoms with Crippen molar-refractivity contribution in [2.24, 2.45) is 0 Å². The summed E-state index contributed by atoms with van der Waals surface area (Å²) in [5.74, 6) is 0.416. The van der Waals surface area contributed by atoms with E-state index in [1.807, 2.05) is 30.3 Å². The van der Waals surface area contributed by atoms with E-state index in [4.69, 9.17) is 4.74 Å². The number of para-hydroxylation sites is 1. The van der Waals surface area contributed by atoms with Gasteiger partial charge in [0.15, 0.2) is 0 Å². The van der Waals surface area contributed by atoms with Gasteiger partial charge in [0.2, 0.25) is 0 Å². The van der Waals surface area contributed by atoms with Crippen LogP contribution >= 0.6 is 15.9 Å². The Hall–Kier alpha value is -2.27. The van der Waals surface area contributed by atoms with Crippen molar-refractivity contribution in [2.45, 2.75) is 12.8 Å². The summed E-state index contributed by atoms with van der Waals surface area (Å²) in [6.45, 7) is 0.287. The Morgan fingerprint density at radius 1 is 0.800 bits per heavy atom. The van der Waals surface area contributed by atoms with Crippen molar-refractivity contribution in [1.82, 2.24) is 0 Å². The highest BCUT2D eigenvalue weighted by Gasteiger charge is 2.34. The van der Waals surface area contributed by atoms with E-state index in [0.29, 0.717) is 15.8 Å². The van der Waals surface area contributed by atoms with Gasteiger partial charge in [0.05, 0.1) is 5.56 Å². The monoisotopic (exact) mass is 406 g/mol. The van der Waals surface area contributed by atoms with Gasteiger partial charge in [0, 0.05) is 10.0 Å². The van der Waals surface area contributed by atoms with E-state index in [0.717, 1.165) is 11.6 Å². The number of hydrogen-bond donors (Lipinski definition) is 0. The van der Waals surface area contributed by atoms with Crippen LogP contribution in [0.2, 0.25) is 0 Å². The summed E-state index contributed by atoms with van der Waals surface area (Å²) in [6.07, 6.45) is -4.45. The molecule has 0 aromatic heterocycles. The van der Waals surface area contributed by atoms with Crippen LogP contribution in [0.15, 0.2) is 77.3 Å². The van der Waals surface area contributed by atoms with Gasteiger partial charge in [0.25, 0.3) is 0 Å². The van der Waals surface area contributed by atoms with Crippen LogP contribution in [-0.2, 0) is 12.8 Å². The number of hydrogen-bond acceptors (Lipinski definition) is 1. The first-order valence-electron chi connectivity index (χ1n) is 7.58. The molecule has 128 valence electrons. The van der Waals surface area contributed by atoms with E-state index in [2.05, 4.69) is 15.9 Å². The average molecular weight is 407 g/mol. The summed E-state index contributed by atoms with van der Waals surface area (Å²) in [5, 5.41) is 0. The molecule has 0 radical (unpaired) electrons. The van der Waals surface area contributed by atoms with Crippen molar-refractivity contribution >= 4 is 15.9 Å². The molecule has 0 fully saturated rings. The van der Waals surface area contributed by atoms with Crippen LogP contribution in [0.3, 0.4) is 0 Å². The van der Waals surface area contributed by atoms with E-state index >= 15 is 0 Å². The Labute approximate surface area is 152 Å². The standard InChI is InChI=1S/C20H14BrF3O/c21-15-10-11-16(18(12-15)20(22,23)24)17-8-4-5-9-19(17)25-13-14-6-2-1-3-7-14/h1-12H,13H2. The fourth-order valence-corrected chi connectivity index (χ4v) is 2.90. The predicted molar refractivity (Wildman–Crippen MR) is 95.4 cm³/mol. The smallest absolute Gasteiger partial charge is 0.417 e. The first-order valence-corrected chi connectivity index (χ1v) is 8.37. The van der Waals surface area contributed by atoms with Crippen LogP contribution in [0.4, 0.5) is 13.2 Å². The Bertz CT molecular complexity index is 860. The van der Waals surface area contributed by atoms with Crippen LogP contribution in [0.25, 0.3) is 11.1 Å². The molecule has 0 bridgehead atoms. The van der Waals surface area contributed by atoms with Crippen molar-refractivity contribution in [3.8, 4) is 16.9 Å². The highest BCUT2D eigenvalue weighted by Crippen LogP contribution is 2.41. The van der Waals surface area contributed by atoms with Crippen LogP contribution in [0.5, 0.6) is 5.75 Å². The maximum Gasteiger partial charge on any atom is 0.417 e. The molecule has 5 heteroatoms. The molecule has 0 heterocycles. The SMILES string of the molecule is FC(F)(F)c1cc(Br)ccc1-c1ccccc1OCc1ccccc1. The predicted octanol–water partition coefficient (Wildman–Crippen LogP) is 6.71. The van der Waals surface area contributed by atoms with Gasteiger partial charge >= 0.3 is 6.18 Å². The Kier molecular flexibility index (Phi) is 5.13. The Morgan fingerprint density at radius 3 is 2.20 bits per heavy atom. The molecular formula is C20H14BrF3O. The van der Waals surface area contributed by atoms with E-state index < -0.39 is 11.7 Å². The first kappa shape index (κ1) is 17.5. The lowest BCUT2D eigenvalue weighted by atomic mass is 9.98. The maximum absolute atomic E-state index is 13.4. The molecule has 0 aliphatic heterocycles. The largest absolute Gasteiger partial charge is 0.488 e. The second-order valence-corrected chi connectivity index (χ2v) is 6.37. The molecule has 3 aromatic rings. The summed E-state index contributed by atoms with van der Waals surface area (Å²) in [6, 6.07) is 20.4. The maximum atomic E-state index is 13.4. The molecule has 0 aliphatic carbocycles. The van der Waals surface area contributed by atoms with Crippen LogP contribution in [-0.4, -0.2) is 0 Å². The van der Waals surface area contributed by atoms with Crippen LogP contribution < -0.4 is 4.74 Å². The highest BCUT2D eigenvalue weighted by atomic mass is 79.9. The van der Waals surface area contributed by atoms with E-state index in [1.165, 1.54) is 6.07 Å². The number of ether oxygens (including phenoxy) is 1. The summed E-state index contributed by atoms with van der Waals surface area (Å²) < 4.78 is 46.5. The number of halogens is 4. The topological polar surface area (TPSA) is 9.23 Å². The molecule has 0 saturated heterocycles. The number of benzene rings is 3. The lowest BCUT2D eigenvalue weighted by Gasteiger charge is -2.17. The van der Waals surface area contributed by atoms with Gasteiger partial charge in [-0.1, -0.05) is 70.5 Å². The van der Waals surface area contributed by atoms with Gasteiger partial charge < -0.3 is 4.74 Å². The van der Waals surface area contributed by atoms with Gasteiger partial charge in [-0.15, -0.1) is 0 Å². The third-order valence-corrected chi connectivity index (χ3v) is 4.19. The normalized spacial score (nSPS) is 11.4. The Balaban J connectivity index is 1.99. The highest BCUT2D eigenvalue weighted by molar-refractivity contribution is 9.10. The zero-order valence-electron chi connectivity index (χ0n) is 13.1. The Morgan fingerprint density at radius 2 is 1.48 bits per heavy atom. The average Bonchev–Trinajstić information content (AvgIpc) is 2.60. The van der Waals surface area contributed by atoms with Gasteiger partial charge in [0.1, 0.15) is 12.4 Å². The van der Waals surface area contributed by atoms with Crippen molar-refractivity contribution in [3.05, 3.63) is 88.4 Å². The minimum Gasteiger partial charge on any atom is -0.488 e. The van der Waals surface area contributed by atoms with Crippen LogP contribution in [0, 0.1) is 0 Å². The third kappa shape index (κ3) is 4.23. The van der Waals surface area contributed by atoms with Crippen LogP contribution in [0.1, 0.15) is 11.1 Å². The molecule has 1 nitrogen and oxygen atoms in total. The fraction of sp³-hybridized carbons (Fsp3) is 0.100. The first-order chi connectivity index (χ1) is 11.9. The molecule has 0 amide bonds. The summed E-state index contributed by atoms with van der Waals surface area (Å²) in [7, 11) is 0. The second-order valence-electron chi connectivity index (χ2n) is 5.46. The second kappa shape index (κ2) is 7.31. The minimum absolute atomic E-state index is 0.0966. The van der Waals surface area contributed by atoms with Gasteiger partial charge in [-0.3, -0.25) is 0 Å². The molecule has 25 heavy (non-hydrogen) atoms. The number of alkyl halides is 3. The van der Waals surface area contributed by atoms with Crippen molar-refractivity contribution in [3.63, 3.8) is 0 Å². The van der Waals surface area contributed by atoms with Crippen molar-refractivity contribution in [1.29, 1.82) is 0 Å². The van der Waals surface area contributed by atoms with Crippen molar-refractivity contribution < 1.29 is 17.9 Å². The molecule has 0 N–H and O–H groups in total. The minimum atomic E-state index is -4.45. The summed E-state index contributed by atoms with van der Waals surface area (Å²) in [4.78, 5) is 0. The summed E-state index contributed by atoms with van der Waals surface area (Å²) in [5.41, 5.74) is 0.763. The molecule has 0 spiro atoms. The fourth-order valence-electron chi connectivity index (χ4n) is 2.54. The third-order valence-electron chi connectivity index (χ3n) is 3.70. The molecule has 3 rings (SSSR count). The quantitative estimate of drug-likeness (QED) is 0.467. The molecule has 3 aromatic carbocycles. The molecular weight excluding hydrogens is 393 g/mol.